The number of carboxylic acids is 1. The summed E-state index contributed by atoms with van der Waals surface area (Å²) in [6.07, 6.45) is -4.29. The van der Waals surface area contributed by atoms with Gasteiger partial charge in [0, 0.05) is 6.42 Å². The minimum Gasteiger partial charge on any atom is -0.480 e. The molecule has 0 aliphatic rings. The Bertz CT molecular complexity index is 517. The van der Waals surface area contributed by atoms with E-state index in [1.807, 2.05) is 0 Å². The summed E-state index contributed by atoms with van der Waals surface area (Å²) < 4.78 is 61.2. The highest BCUT2D eigenvalue weighted by molar-refractivity contribution is 5.79. The maximum atomic E-state index is 12.7. The fourth-order valence-corrected chi connectivity index (χ4v) is 2.14. The molecule has 0 rings (SSSR count). The van der Waals surface area contributed by atoms with Gasteiger partial charge in [-0.2, -0.15) is 27.2 Å². The van der Waals surface area contributed by atoms with Crippen molar-refractivity contribution in [3.8, 4) is 6.07 Å². The van der Waals surface area contributed by atoms with Gasteiger partial charge in [-0.1, -0.05) is 18.6 Å². The van der Waals surface area contributed by atoms with E-state index in [1.54, 1.807) is 18.2 Å². The second-order valence-electron chi connectivity index (χ2n) is 6.05. The number of carbonyl (C=O) groups is 1. The minimum absolute atomic E-state index is 0.0127. The van der Waals surface area contributed by atoms with Crippen LogP contribution in [-0.4, -0.2) is 39.9 Å². The van der Waals surface area contributed by atoms with Crippen LogP contribution in [0.2, 0.25) is 0 Å². The second-order valence-corrected chi connectivity index (χ2v) is 6.05. The average molecular weight is 386 g/mol. The normalized spacial score (nSPS) is 16.2. The third-order valence-electron chi connectivity index (χ3n) is 3.91. The summed E-state index contributed by atoms with van der Waals surface area (Å²) >= 11 is 0. The first kappa shape index (κ1) is 24.3. The molecule has 2 atom stereocenters. The maximum Gasteiger partial charge on any atom is 0.453 e. The summed E-state index contributed by atoms with van der Waals surface area (Å²) in [4.78, 5) is 11.0. The molecule has 0 radical (unpaired) electrons. The zero-order chi connectivity index (χ0) is 20.4. The Balaban J connectivity index is 4.03. The molecule has 0 amide bonds. The van der Waals surface area contributed by atoms with E-state index in [0.717, 1.165) is 0 Å². The Kier molecular flexibility index (Phi) is 9.73. The molecule has 4 N–H and O–H groups in total. The number of allylic oxidation sites excluding steroid dienone is 2. The van der Waals surface area contributed by atoms with Gasteiger partial charge in [0.1, 0.15) is 0 Å². The Morgan fingerprint density at radius 2 is 1.69 bits per heavy atom. The third-order valence-corrected chi connectivity index (χ3v) is 3.91. The van der Waals surface area contributed by atoms with Crippen molar-refractivity contribution in [2.75, 3.05) is 0 Å². The molecular weight excluding hydrogens is 363 g/mol. The number of hydrogen-bond acceptors (Lipinski definition) is 4. The molecule has 10 heteroatoms. The van der Waals surface area contributed by atoms with Crippen LogP contribution >= 0.6 is 0 Å². The highest BCUT2D eigenvalue weighted by Gasteiger charge is 2.56. The minimum atomic E-state index is -5.52. The van der Waals surface area contributed by atoms with Crippen molar-refractivity contribution in [1.82, 2.24) is 0 Å². The maximum absolute atomic E-state index is 12.7. The molecule has 2 unspecified atom stereocenters. The zero-order valence-electron chi connectivity index (χ0n) is 14.1. The molecule has 0 spiro atoms. The molecule has 0 fully saturated rings. The number of rotatable bonds is 12. The molecule has 0 aromatic heterocycles. The lowest BCUT2D eigenvalue weighted by atomic mass is 9.87. The van der Waals surface area contributed by atoms with Crippen LogP contribution in [0, 0.1) is 11.3 Å². The molecule has 0 aromatic rings. The van der Waals surface area contributed by atoms with E-state index in [0.29, 0.717) is 12.8 Å². The Morgan fingerprint density at radius 1 is 1.12 bits per heavy atom. The molecule has 0 heterocycles. The molecule has 150 valence electrons. The lowest BCUT2D eigenvalue weighted by Gasteiger charge is -2.27. The first-order chi connectivity index (χ1) is 11.9. The number of halogens is 5. The summed E-state index contributed by atoms with van der Waals surface area (Å²) in [5.74, 6) is -6.15. The number of carboxylic acid groups (broad SMARTS) is 1. The van der Waals surface area contributed by atoms with Crippen LogP contribution in [0.3, 0.4) is 0 Å². The van der Waals surface area contributed by atoms with Crippen LogP contribution in [0.25, 0.3) is 0 Å². The van der Waals surface area contributed by atoms with Gasteiger partial charge in [-0.15, -0.1) is 0 Å². The van der Waals surface area contributed by atoms with E-state index in [-0.39, 0.29) is 25.7 Å². The second kappa shape index (κ2) is 10.4. The topological polar surface area (TPSA) is 107 Å². The lowest BCUT2D eigenvalue weighted by molar-refractivity contribution is -0.284. The largest absolute Gasteiger partial charge is 0.480 e. The van der Waals surface area contributed by atoms with Crippen LogP contribution in [0.15, 0.2) is 12.2 Å². The van der Waals surface area contributed by atoms with Gasteiger partial charge in [-0.3, -0.25) is 4.79 Å². The van der Waals surface area contributed by atoms with E-state index in [2.05, 4.69) is 0 Å². The monoisotopic (exact) mass is 386 g/mol. The Labute approximate surface area is 148 Å². The molecule has 0 bridgehead atoms. The molecule has 0 saturated heterocycles. The Morgan fingerprint density at radius 3 is 2.19 bits per heavy atom. The highest BCUT2D eigenvalue weighted by atomic mass is 19.4. The van der Waals surface area contributed by atoms with Crippen molar-refractivity contribution in [3.63, 3.8) is 0 Å². The molecule has 26 heavy (non-hydrogen) atoms. The number of hydrogen-bond donors (Lipinski definition) is 3. The van der Waals surface area contributed by atoms with Gasteiger partial charge < -0.3 is 15.9 Å². The van der Waals surface area contributed by atoms with Crippen LogP contribution in [-0.2, 0) is 4.79 Å². The number of nitriles is 1. The van der Waals surface area contributed by atoms with Gasteiger partial charge in [0.2, 0.25) is 0 Å². The van der Waals surface area contributed by atoms with Crippen molar-refractivity contribution in [2.45, 2.75) is 75.1 Å². The Hall–Kier alpha value is -1.73. The van der Waals surface area contributed by atoms with Crippen molar-refractivity contribution < 1.29 is 37.0 Å². The lowest BCUT2D eigenvalue weighted by Crippen LogP contribution is -2.57. The molecule has 0 aliphatic heterocycles. The zero-order valence-corrected chi connectivity index (χ0v) is 14.1. The summed E-state index contributed by atoms with van der Waals surface area (Å²) in [5, 5.41) is 27.4. The smallest absolute Gasteiger partial charge is 0.453 e. The van der Waals surface area contributed by atoms with Crippen molar-refractivity contribution in [2.24, 2.45) is 5.73 Å². The van der Waals surface area contributed by atoms with E-state index in [9.17, 15) is 31.9 Å². The van der Waals surface area contributed by atoms with Crippen molar-refractivity contribution >= 4 is 5.97 Å². The summed E-state index contributed by atoms with van der Waals surface area (Å²) in [6, 6.07) is 1.61. The number of unbranched alkanes of at least 4 members (excludes halogenated alkanes) is 3. The number of nitrogens with zero attached hydrogens (tertiary/aromatic N) is 1. The van der Waals surface area contributed by atoms with Crippen LogP contribution in [0.1, 0.15) is 51.4 Å². The summed E-state index contributed by atoms with van der Waals surface area (Å²) in [7, 11) is 0. The van der Waals surface area contributed by atoms with Gasteiger partial charge in [-0.05, 0) is 32.1 Å². The quantitative estimate of drug-likeness (QED) is 0.270. The van der Waals surface area contributed by atoms with Gasteiger partial charge >= 0.3 is 18.1 Å². The van der Waals surface area contributed by atoms with E-state index >= 15 is 0 Å². The SMILES string of the molecule is N#CCC(N)(C(=O)O)C(O)CCC=CCCCCCC(F)(F)C(F)(F)F. The fraction of sp³-hybridized carbons (Fsp3) is 0.750. The standard InChI is InChI=1S/C16H23F5N2O3/c17-15(18,16(19,20)21)9-7-5-3-1-2-4-6-8-12(24)14(23,10-11-22)13(25)26/h2,4,12,24H,1,3,5-10,23H2,(H,25,26). The van der Waals surface area contributed by atoms with Gasteiger partial charge in [0.05, 0.1) is 18.6 Å². The van der Waals surface area contributed by atoms with E-state index < -0.39 is 42.6 Å². The van der Waals surface area contributed by atoms with Gasteiger partial charge in [0.15, 0.2) is 5.54 Å². The highest BCUT2D eigenvalue weighted by Crippen LogP contribution is 2.39. The number of alkyl halides is 5. The van der Waals surface area contributed by atoms with Crippen LogP contribution in [0.4, 0.5) is 22.0 Å². The van der Waals surface area contributed by atoms with Crippen molar-refractivity contribution in [1.29, 1.82) is 5.26 Å². The summed E-state index contributed by atoms with van der Waals surface area (Å²) in [5.41, 5.74) is 3.47. The van der Waals surface area contributed by atoms with Gasteiger partial charge in [0.25, 0.3) is 0 Å². The first-order valence-electron chi connectivity index (χ1n) is 8.05. The predicted molar refractivity (Wildman–Crippen MR) is 83.3 cm³/mol. The first-order valence-corrected chi connectivity index (χ1v) is 8.05. The summed E-state index contributed by atoms with van der Waals surface area (Å²) in [6.45, 7) is 0. The van der Waals surface area contributed by atoms with Crippen LogP contribution in [0.5, 0.6) is 0 Å². The number of nitrogens with two attached hydrogens (primary N) is 1. The molecule has 0 saturated carbocycles. The fourth-order valence-electron chi connectivity index (χ4n) is 2.14. The number of aliphatic hydroxyl groups excluding tert-OH is 1. The molecule has 5 nitrogen and oxygen atoms in total. The van der Waals surface area contributed by atoms with Gasteiger partial charge in [-0.25, -0.2) is 0 Å². The number of aliphatic carboxylic acids is 1. The molecule has 0 aromatic carbocycles. The molecule has 0 aliphatic carbocycles. The predicted octanol–water partition coefficient (Wildman–Crippen LogP) is 3.53. The number of aliphatic hydroxyl groups is 1. The molecular formula is C16H23F5N2O3. The van der Waals surface area contributed by atoms with E-state index in [4.69, 9.17) is 16.1 Å². The van der Waals surface area contributed by atoms with Crippen molar-refractivity contribution in [3.05, 3.63) is 12.2 Å². The average Bonchev–Trinajstić information content (AvgIpc) is 2.51. The van der Waals surface area contributed by atoms with E-state index in [1.165, 1.54) is 0 Å². The van der Waals surface area contributed by atoms with Crippen LogP contribution < -0.4 is 5.73 Å². The third kappa shape index (κ3) is 7.66.